The molecule has 0 aromatic heterocycles. The zero-order chi connectivity index (χ0) is 15.0. The average molecular weight is 283 g/mol. The standard InChI is InChI=1S/C16H13NO4/c1-9-7-12-13(21-16(19)14(12)15(18)17-9)8-10-3-5-11(20-2)6-4-10/h3-8,14H,1-2H3/b13-8+. The van der Waals surface area contributed by atoms with Crippen molar-refractivity contribution in [3.05, 3.63) is 47.2 Å². The molecule has 5 nitrogen and oxygen atoms in total. The molecule has 3 rings (SSSR count). The van der Waals surface area contributed by atoms with E-state index in [1.165, 1.54) is 0 Å². The van der Waals surface area contributed by atoms with Crippen molar-refractivity contribution in [2.45, 2.75) is 6.92 Å². The van der Waals surface area contributed by atoms with E-state index in [0.717, 1.165) is 11.3 Å². The molecule has 0 bridgehead atoms. The lowest BCUT2D eigenvalue weighted by Crippen LogP contribution is -2.23. The van der Waals surface area contributed by atoms with Crippen molar-refractivity contribution in [3.8, 4) is 5.75 Å². The molecule has 1 aromatic carbocycles. The Morgan fingerprint density at radius 2 is 1.95 bits per heavy atom. The number of nitrogens with zero attached hydrogens (tertiary/aromatic N) is 1. The fourth-order valence-electron chi connectivity index (χ4n) is 2.34. The lowest BCUT2D eigenvalue weighted by Gasteiger charge is -2.09. The summed E-state index contributed by atoms with van der Waals surface area (Å²) >= 11 is 0. The van der Waals surface area contributed by atoms with Crippen molar-refractivity contribution in [2.75, 3.05) is 7.11 Å². The second-order valence-electron chi connectivity index (χ2n) is 4.83. The van der Waals surface area contributed by atoms with Crippen LogP contribution in [0.25, 0.3) is 6.08 Å². The SMILES string of the molecule is COc1ccc(/C=C2/OC(=O)C3C(=O)N=C(C)C=C23)cc1. The zero-order valence-electron chi connectivity index (χ0n) is 11.6. The Morgan fingerprint density at radius 1 is 1.24 bits per heavy atom. The molecule has 106 valence electrons. The van der Waals surface area contributed by atoms with Gasteiger partial charge in [0.15, 0.2) is 5.92 Å². The van der Waals surface area contributed by atoms with Crippen LogP contribution in [0.1, 0.15) is 12.5 Å². The zero-order valence-corrected chi connectivity index (χ0v) is 11.6. The molecule has 1 fully saturated rings. The predicted molar refractivity (Wildman–Crippen MR) is 76.8 cm³/mol. The van der Waals surface area contributed by atoms with Gasteiger partial charge >= 0.3 is 5.97 Å². The van der Waals surface area contributed by atoms with Crippen LogP contribution in [-0.2, 0) is 14.3 Å². The number of ether oxygens (including phenoxy) is 2. The number of fused-ring (bicyclic) bond motifs is 1. The Labute approximate surface area is 121 Å². The van der Waals surface area contributed by atoms with Crippen molar-refractivity contribution in [3.63, 3.8) is 0 Å². The van der Waals surface area contributed by atoms with Crippen LogP contribution in [0.4, 0.5) is 0 Å². The lowest BCUT2D eigenvalue weighted by atomic mass is 9.95. The maximum atomic E-state index is 11.8. The monoisotopic (exact) mass is 283 g/mol. The number of hydrogen-bond donors (Lipinski definition) is 0. The molecule has 2 aliphatic heterocycles. The van der Waals surface area contributed by atoms with Gasteiger partial charge in [0.2, 0.25) is 0 Å². The smallest absolute Gasteiger partial charge is 0.328 e. The molecule has 2 aliphatic rings. The quantitative estimate of drug-likeness (QED) is 0.616. The lowest BCUT2D eigenvalue weighted by molar-refractivity contribution is -0.142. The molecule has 0 N–H and O–H groups in total. The van der Waals surface area contributed by atoms with Crippen LogP contribution in [0.2, 0.25) is 0 Å². The van der Waals surface area contributed by atoms with Crippen LogP contribution in [0, 0.1) is 5.92 Å². The summed E-state index contributed by atoms with van der Waals surface area (Å²) in [6.07, 6.45) is 3.45. The number of carbonyl (C=O) groups excluding carboxylic acids is 2. The van der Waals surface area contributed by atoms with Crippen LogP contribution in [0.3, 0.4) is 0 Å². The molecule has 1 amide bonds. The molecule has 0 aliphatic carbocycles. The highest BCUT2D eigenvalue weighted by Gasteiger charge is 2.43. The summed E-state index contributed by atoms with van der Waals surface area (Å²) in [5.74, 6) is -0.806. The maximum absolute atomic E-state index is 11.8. The van der Waals surface area contributed by atoms with Crippen LogP contribution >= 0.6 is 0 Å². The molecule has 1 atom stereocenters. The first kappa shape index (κ1) is 13.3. The van der Waals surface area contributed by atoms with E-state index in [1.54, 1.807) is 26.2 Å². The second kappa shape index (κ2) is 5.01. The predicted octanol–water partition coefficient (Wildman–Crippen LogP) is 2.14. The minimum atomic E-state index is -0.918. The molecule has 1 saturated heterocycles. The Hall–Kier alpha value is -2.69. The molecule has 1 unspecified atom stereocenters. The van der Waals surface area contributed by atoms with Gasteiger partial charge in [-0.15, -0.1) is 0 Å². The van der Waals surface area contributed by atoms with E-state index in [0.29, 0.717) is 17.0 Å². The number of methoxy groups -OCH3 is 1. The molecule has 0 spiro atoms. The van der Waals surface area contributed by atoms with Gasteiger partial charge in [0, 0.05) is 11.3 Å². The van der Waals surface area contributed by atoms with Gasteiger partial charge in [0.25, 0.3) is 5.91 Å². The van der Waals surface area contributed by atoms with Gasteiger partial charge in [-0.3, -0.25) is 9.59 Å². The summed E-state index contributed by atoms with van der Waals surface area (Å²) < 4.78 is 10.3. The molecular weight excluding hydrogens is 270 g/mol. The topological polar surface area (TPSA) is 65.0 Å². The Balaban J connectivity index is 1.98. The van der Waals surface area contributed by atoms with Crippen molar-refractivity contribution >= 4 is 23.7 Å². The summed E-state index contributed by atoms with van der Waals surface area (Å²) in [5, 5.41) is 0. The van der Waals surface area contributed by atoms with Crippen LogP contribution in [-0.4, -0.2) is 24.7 Å². The van der Waals surface area contributed by atoms with Crippen molar-refractivity contribution < 1.29 is 19.1 Å². The van der Waals surface area contributed by atoms with Gasteiger partial charge in [-0.1, -0.05) is 12.1 Å². The minimum absolute atomic E-state index is 0.401. The van der Waals surface area contributed by atoms with Crippen molar-refractivity contribution in [1.82, 2.24) is 0 Å². The highest BCUT2D eigenvalue weighted by Crippen LogP contribution is 2.35. The van der Waals surface area contributed by atoms with Crippen molar-refractivity contribution in [1.29, 1.82) is 0 Å². The normalized spacial score (nSPS) is 22.6. The molecular formula is C16H13NO4. The number of allylic oxidation sites excluding steroid dienone is 2. The first-order valence-electron chi connectivity index (χ1n) is 6.47. The van der Waals surface area contributed by atoms with Gasteiger partial charge < -0.3 is 9.47 Å². The Kier molecular flexibility index (Phi) is 3.17. The Morgan fingerprint density at radius 3 is 2.62 bits per heavy atom. The van der Waals surface area contributed by atoms with Gasteiger partial charge in [-0.25, -0.2) is 4.99 Å². The summed E-state index contributed by atoms with van der Waals surface area (Å²) in [6.45, 7) is 1.72. The third-order valence-electron chi connectivity index (χ3n) is 3.35. The van der Waals surface area contributed by atoms with E-state index < -0.39 is 17.8 Å². The molecule has 21 heavy (non-hydrogen) atoms. The van der Waals surface area contributed by atoms with Crippen LogP contribution < -0.4 is 4.74 Å². The van der Waals surface area contributed by atoms with E-state index in [4.69, 9.17) is 9.47 Å². The number of hydrogen-bond acceptors (Lipinski definition) is 4. The van der Waals surface area contributed by atoms with E-state index in [2.05, 4.69) is 4.99 Å². The van der Waals surface area contributed by atoms with E-state index >= 15 is 0 Å². The van der Waals surface area contributed by atoms with Gasteiger partial charge in [-0.05, 0) is 36.8 Å². The number of aliphatic imine (C=N–C) groups is 1. The summed E-state index contributed by atoms with van der Waals surface area (Å²) in [6, 6.07) is 7.32. The van der Waals surface area contributed by atoms with Gasteiger partial charge in [-0.2, -0.15) is 0 Å². The van der Waals surface area contributed by atoms with Crippen LogP contribution in [0.15, 0.2) is 46.7 Å². The number of amides is 1. The summed E-state index contributed by atoms with van der Waals surface area (Å²) in [7, 11) is 1.59. The largest absolute Gasteiger partial charge is 0.497 e. The highest BCUT2D eigenvalue weighted by molar-refractivity contribution is 6.15. The number of dihydropyridines is 1. The average Bonchev–Trinajstić information content (AvgIpc) is 2.76. The fourth-order valence-corrected chi connectivity index (χ4v) is 2.34. The third-order valence-corrected chi connectivity index (χ3v) is 3.35. The number of esters is 1. The number of rotatable bonds is 2. The molecule has 0 radical (unpaired) electrons. The van der Waals surface area contributed by atoms with Gasteiger partial charge in [0.05, 0.1) is 7.11 Å². The molecule has 0 saturated carbocycles. The number of carbonyl (C=O) groups is 2. The highest BCUT2D eigenvalue weighted by atomic mass is 16.5. The first-order valence-corrected chi connectivity index (χ1v) is 6.47. The number of benzene rings is 1. The number of cyclic esters (lactones) is 1. The minimum Gasteiger partial charge on any atom is -0.497 e. The van der Waals surface area contributed by atoms with Crippen LogP contribution in [0.5, 0.6) is 5.75 Å². The molecule has 1 aromatic rings. The van der Waals surface area contributed by atoms with Gasteiger partial charge in [0.1, 0.15) is 11.5 Å². The first-order chi connectivity index (χ1) is 10.1. The van der Waals surface area contributed by atoms with Crippen molar-refractivity contribution in [2.24, 2.45) is 10.9 Å². The van der Waals surface area contributed by atoms with E-state index in [9.17, 15) is 9.59 Å². The fraction of sp³-hybridized carbons (Fsp3) is 0.188. The maximum Gasteiger partial charge on any atom is 0.328 e. The summed E-state index contributed by atoms with van der Waals surface area (Å²) in [5.41, 5.74) is 2.01. The third kappa shape index (κ3) is 2.38. The second-order valence-corrected chi connectivity index (χ2v) is 4.83. The van der Waals surface area contributed by atoms with E-state index in [1.807, 2.05) is 24.3 Å². The Bertz CT molecular complexity index is 710. The molecule has 2 heterocycles. The molecule has 5 heteroatoms. The van der Waals surface area contributed by atoms with E-state index in [-0.39, 0.29) is 0 Å². The summed E-state index contributed by atoms with van der Waals surface area (Å²) in [4.78, 5) is 27.4.